The minimum Gasteiger partial charge on any atom is -0.481 e. The largest absolute Gasteiger partial charge is 0.481 e. The molecule has 3 aliphatic rings. The van der Waals surface area contributed by atoms with Crippen LogP contribution in [0.2, 0.25) is 0 Å². The minimum atomic E-state index is -0.827. The average molecular weight is 477 g/mol. The first-order chi connectivity index (χ1) is 17.0. The number of aliphatic carboxylic acids is 1. The van der Waals surface area contributed by atoms with E-state index in [1.807, 2.05) is 24.3 Å². The Hall–Kier alpha value is -3.35. The Morgan fingerprint density at radius 2 is 1.60 bits per heavy atom. The normalized spacial score (nSPS) is 21.9. The Morgan fingerprint density at radius 3 is 2.20 bits per heavy atom. The Kier molecular flexibility index (Phi) is 6.50. The van der Waals surface area contributed by atoms with Crippen LogP contribution in [0.4, 0.5) is 4.79 Å². The summed E-state index contributed by atoms with van der Waals surface area (Å²) in [7, 11) is 0. The SMILES string of the molecule is O=C(O)C[C@@H]1CCC[C@H]1NC(=O)C1(CNC(=O)OCC2c3ccccc3-c3ccccc32)CCC1. The Morgan fingerprint density at radius 1 is 0.943 bits per heavy atom. The van der Waals surface area contributed by atoms with Gasteiger partial charge in [0.05, 0.1) is 11.8 Å². The molecule has 2 atom stereocenters. The molecule has 0 heterocycles. The zero-order chi connectivity index (χ0) is 24.4. The van der Waals surface area contributed by atoms with Crippen LogP contribution in [0, 0.1) is 11.3 Å². The summed E-state index contributed by atoms with van der Waals surface area (Å²) >= 11 is 0. The maximum absolute atomic E-state index is 13.1. The van der Waals surface area contributed by atoms with Crippen molar-refractivity contribution in [2.24, 2.45) is 11.3 Å². The lowest BCUT2D eigenvalue weighted by Gasteiger charge is -2.41. The third kappa shape index (κ3) is 4.64. The Labute approximate surface area is 205 Å². The number of carbonyl (C=O) groups is 3. The summed E-state index contributed by atoms with van der Waals surface area (Å²) in [6.45, 7) is 0.462. The molecule has 7 heteroatoms. The zero-order valence-corrected chi connectivity index (χ0v) is 19.8. The summed E-state index contributed by atoms with van der Waals surface area (Å²) in [5, 5.41) is 15.1. The number of alkyl carbamates (subject to hydrolysis) is 1. The summed E-state index contributed by atoms with van der Waals surface area (Å²) in [6, 6.07) is 16.3. The number of benzene rings is 2. The number of rotatable bonds is 8. The maximum atomic E-state index is 13.1. The van der Waals surface area contributed by atoms with Gasteiger partial charge >= 0.3 is 12.1 Å². The van der Waals surface area contributed by atoms with Crippen LogP contribution in [-0.2, 0) is 14.3 Å². The molecule has 0 saturated heterocycles. The molecule has 2 saturated carbocycles. The fraction of sp³-hybridized carbons (Fsp3) is 0.464. The van der Waals surface area contributed by atoms with Crippen LogP contribution < -0.4 is 10.6 Å². The number of ether oxygens (including phenoxy) is 1. The molecule has 2 amide bonds. The first-order valence-electron chi connectivity index (χ1n) is 12.6. The summed E-state index contributed by atoms with van der Waals surface area (Å²) in [4.78, 5) is 36.9. The van der Waals surface area contributed by atoms with Gasteiger partial charge in [-0.1, -0.05) is 61.4 Å². The molecule has 0 radical (unpaired) electrons. The van der Waals surface area contributed by atoms with Crippen LogP contribution in [0.5, 0.6) is 0 Å². The first-order valence-corrected chi connectivity index (χ1v) is 12.6. The van der Waals surface area contributed by atoms with E-state index >= 15 is 0 Å². The van der Waals surface area contributed by atoms with E-state index in [1.165, 1.54) is 11.1 Å². The highest BCUT2D eigenvalue weighted by molar-refractivity contribution is 5.85. The molecule has 0 spiro atoms. The van der Waals surface area contributed by atoms with Crippen molar-refractivity contribution in [3.8, 4) is 11.1 Å². The van der Waals surface area contributed by atoms with Gasteiger partial charge in [-0.05, 0) is 53.9 Å². The Balaban J connectivity index is 1.16. The van der Waals surface area contributed by atoms with Crippen molar-refractivity contribution in [3.63, 3.8) is 0 Å². The molecular weight excluding hydrogens is 444 g/mol. The number of carboxylic acids is 1. The second-order valence-electron chi connectivity index (χ2n) is 10.2. The van der Waals surface area contributed by atoms with E-state index < -0.39 is 17.5 Å². The summed E-state index contributed by atoms with van der Waals surface area (Å²) in [6.07, 6.45) is 4.46. The summed E-state index contributed by atoms with van der Waals surface area (Å²) in [5.41, 5.74) is 4.03. The fourth-order valence-corrected chi connectivity index (χ4v) is 6.00. The summed E-state index contributed by atoms with van der Waals surface area (Å²) < 4.78 is 5.63. The van der Waals surface area contributed by atoms with Gasteiger partial charge in [-0.25, -0.2) is 4.79 Å². The minimum absolute atomic E-state index is 0.0114. The highest BCUT2D eigenvalue weighted by atomic mass is 16.5. The molecule has 184 valence electrons. The van der Waals surface area contributed by atoms with E-state index in [4.69, 9.17) is 9.84 Å². The second-order valence-corrected chi connectivity index (χ2v) is 10.2. The lowest BCUT2D eigenvalue weighted by molar-refractivity contribution is -0.140. The number of hydrogen-bond donors (Lipinski definition) is 3. The molecule has 0 bridgehead atoms. The van der Waals surface area contributed by atoms with Crippen molar-refractivity contribution in [1.82, 2.24) is 10.6 Å². The third-order valence-corrected chi connectivity index (χ3v) is 8.12. The average Bonchev–Trinajstić information content (AvgIpc) is 3.38. The van der Waals surface area contributed by atoms with Gasteiger partial charge in [-0.15, -0.1) is 0 Å². The van der Waals surface area contributed by atoms with Crippen molar-refractivity contribution in [3.05, 3.63) is 59.7 Å². The second kappa shape index (κ2) is 9.72. The first kappa shape index (κ1) is 23.4. The smallest absolute Gasteiger partial charge is 0.407 e. The van der Waals surface area contributed by atoms with Gasteiger partial charge in [0.15, 0.2) is 0 Å². The lowest BCUT2D eigenvalue weighted by Crippen LogP contribution is -2.55. The molecule has 3 N–H and O–H groups in total. The number of amides is 2. The molecule has 2 fully saturated rings. The molecule has 5 rings (SSSR count). The van der Waals surface area contributed by atoms with Gasteiger partial charge in [-0.2, -0.15) is 0 Å². The number of nitrogens with one attached hydrogen (secondary N) is 2. The lowest BCUT2D eigenvalue weighted by atomic mass is 9.67. The van der Waals surface area contributed by atoms with Gasteiger partial charge in [0.2, 0.25) is 5.91 Å². The number of fused-ring (bicyclic) bond motifs is 3. The number of hydrogen-bond acceptors (Lipinski definition) is 4. The molecule has 0 aromatic heterocycles. The van der Waals surface area contributed by atoms with Crippen LogP contribution in [0.3, 0.4) is 0 Å². The van der Waals surface area contributed by atoms with Crippen molar-refractivity contribution in [2.45, 2.75) is 56.9 Å². The quantitative estimate of drug-likeness (QED) is 0.522. The molecular formula is C28H32N2O5. The van der Waals surface area contributed by atoms with Crippen LogP contribution in [0.15, 0.2) is 48.5 Å². The highest BCUT2D eigenvalue weighted by Gasteiger charge is 2.46. The number of carbonyl (C=O) groups excluding carboxylic acids is 2. The summed E-state index contributed by atoms with van der Waals surface area (Å²) in [5.74, 6) is -0.942. The van der Waals surface area contributed by atoms with E-state index in [0.29, 0.717) is 12.8 Å². The van der Waals surface area contributed by atoms with Gasteiger partial charge in [0, 0.05) is 18.5 Å². The van der Waals surface area contributed by atoms with Crippen molar-refractivity contribution < 1.29 is 24.2 Å². The van der Waals surface area contributed by atoms with Gasteiger partial charge in [-0.3, -0.25) is 9.59 Å². The monoisotopic (exact) mass is 476 g/mol. The molecule has 2 aromatic rings. The fourth-order valence-electron chi connectivity index (χ4n) is 6.00. The molecule has 7 nitrogen and oxygen atoms in total. The number of carboxylic acid groups (broad SMARTS) is 1. The van der Waals surface area contributed by atoms with E-state index in [-0.39, 0.29) is 43.4 Å². The van der Waals surface area contributed by atoms with Gasteiger partial charge in [0.25, 0.3) is 0 Å². The topological polar surface area (TPSA) is 105 Å². The molecule has 3 aliphatic carbocycles. The zero-order valence-electron chi connectivity index (χ0n) is 19.8. The predicted octanol–water partition coefficient (Wildman–Crippen LogP) is 4.46. The molecule has 0 aliphatic heterocycles. The third-order valence-electron chi connectivity index (χ3n) is 8.12. The Bertz CT molecular complexity index is 1080. The van der Waals surface area contributed by atoms with Crippen molar-refractivity contribution in [2.75, 3.05) is 13.2 Å². The van der Waals surface area contributed by atoms with Gasteiger partial charge in [0.1, 0.15) is 6.61 Å². The van der Waals surface area contributed by atoms with Crippen LogP contribution in [0.1, 0.15) is 62.0 Å². The molecule has 2 aromatic carbocycles. The van der Waals surface area contributed by atoms with E-state index in [1.54, 1.807) is 0 Å². The van der Waals surface area contributed by atoms with Crippen molar-refractivity contribution >= 4 is 18.0 Å². The highest BCUT2D eigenvalue weighted by Crippen LogP contribution is 2.45. The standard InChI is InChI=1S/C28H32N2O5/c31-25(32)15-18-7-5-12-24(18)30-26(33)28(13-6-14-28)17-29-27(34)35-16-23-21-10-3-1-8-19(21)20-9-2-4-11-22(20)23/h1-4,8-11,18,23-24H,5-7,12-17H2,(H,29,34)(H,30,33)(H,31,32)/t18-,24+/m0/s1. The van der Waals surface area contributed by atoms with Crippen LogP contribution in [-0.4, -0.2) is 42.3 Å². The maximum Gasteiger partial charge on any atom is 0.407 e. The van der Waals surface area contributed by atoms with E-state index in [0.717, 1.165) is 36.8 Å². The van der Waals surface area contributed by atoms with Gasteiger partial charge < -0.3 is 20.5 Å². The van der Waals surface area contributed by atoms with Crippen LogP contribution >= 0.6 is 0 Å². The van der Waals surface area contributed by atoms with Crippen LogP contribution in [0.25, 0.3) is 11.1 Å². The van der Waals surface area contributed by atoms with Crippen molar-refractivity contribution in [1.29, 1.82) is 0 Å². The predicted molar refractivity (Wildman–Crippen MR) is 131 cm³/mol. The molecule has 35 heavy (non-hydrogen) atoms. The molecule has 0 unspecified atom stereocenters. The van der Waals surface area contributed by atoms with E-state index in [2.05, 4.69) is 34.9 Å². The van der Waals surface area contributed by atoms with E-state index in [9.17, 15) is 14.4 Å².